The molecule has 1 N–H and O–H groups in total. The van der Waals surface area contributed by atoms with E-state index >= 15 is 0 Å². The number of thiazole rings is 1. The van der Waals surface area contributed by atoms with Crippen LogP contribution in [0, 0.1) is 6.92 Å². The predicted octanol–water partition coefficient (Wildman–Crippen LogP) is 4.40. The molecular formula is C20H28N2O3S. The van der Waals surface area contributed by atoms with Crippen molar-refractivity contribution in [3.63, 3.8) is 0 Å². The second kappa shape index (κ2) is 9.12. The molecule has 0 radical (unpaired) electrons. The maximum Gasteiger partial charge on any atom is 0.349 e. The fourth-order valence-electron chi connectivity index (χ4n) is 2.82. The lowest BCUT2D eigenvalue weighted by atomic mass is 10.0. The standard InChI is InChI=1S/C20H28N2O3S/c1-6-7-13(4)16-10-14(5)17(20(24)25-16)18(23)21-9-8-15-11-26-19(22-15)12(2)3/h10-13H,6-9H2,1-5H3,(H,21,23). The van der Waals surface area contributed by atoms with Crippen molar-refractivity contribution < 1.29 is 9.21 Å². The van der Waals surface area contributed by atoms with E-state index < -0.39 is 5.63 Å². The van der Waals surface area contributed by atoms with Gasteiger partial charge in [-0.25, -0.2) is 9.78 Å². The largest absolute Gasteiger partial charge is 0.427 e. The third kappa shape index (κ3) is 5.04. The highest BCUT2D eigenvalue weighted by Gasteiger charge is 2.18. The average Bonchev–Trinajstić information content (AvgIpc) is 3.03. The molecule has 0 saturated heterocycles. The molecule has 0 bridgehead atoms. The van der Waals surface area contributed by atoms with Gasteiger partial charge < -0.3 is 9.73 Å². The summed E-state index contributed by atoms with van der Waals surface area (Å²) in [5, 5.41) is 5.92. The highest BCUT2D eigenvalue weighted by atomic mass is 32.1. The highest BCUT2D eigenvalue weighted by Crippen LogP contribution is 2.21. The zero-order valence-corrected chi connectivity index (χ0v) is 17.0. The molecule has 0 aromatic carbocycles. The number of amides is 1. The first-order valence-corrected chi connectivity index (χ1v) is 10.1. The topological polar surface area (TPSA) is 72.2 Å². The van der Waals surface area contributed by atoms with Crippen LogP contribution in [0.3, 0.4) is 0 Å². The lowest BCUT2D eigenvalue weighted by molar-refractivity contribution is 0.0949. The third-order valence-corrected chi connectivity index (χ3v) is 5.53. The summed E-state index contributed by atoms with van der Waals surface area (Å²) in [6.07, 6.45) is 2.60. The van der Waals surface area contributed by atoms with Gasteiger partial charge in [0.25, 0.3) is 5.91 Å². The molecule has 0 aliphatic heterocycles. The lowest BCUT2D eigenvalue weighted by Crippen LogP contribution is -2.31. The van der Waals surface area contributed by atoms with Crippen LogP contribution in [0.25, 0.3) is 0 Å². The van der Waals surface area contributed by atoms with Crippen molar-refractivity contribution in [1.29, 1.82) is 0 Å². The molecule has 2 aromatic rings. The number of nitrogens with one attached hydrogen (secondary N) is 1. The predicted molar refractivity (Wildman–Crippen MR) is 105 cm³/mol. The Bertz CT molecular complexity index is 808. The van der Waals surface area contributed by atoms with E-state index in [1.165, 1.54) is 0 Å². The summed E-state index contributed by atoms with van der Waals surface area (Å²) in [5.41, 5.74) is 1.16. The molecule has 26 heavy (non-hydrogen) atoms. The van der Waals surface area contributed by atoms with Gasteiger partial charge in [0.05, 0.1) is 10.7 Å². The minimum absolute atomic E-state index is 0.0959. The minimum atomic E-state index is -0.559. The molecule has 2 heterocycles. The highest BCUT2D eigenvalue weighted by molar-refractivity contribution is 7.09. The van der Waals surface area contributed by atoms with E-state index in [0.717, 1.165) is 23.5 Å². The lowest BCUT2D eigenvalue weighted by Gasteiger charge is -2.11. The Morgan fingerprint density at radius 3 is 2.65 bits per heavy atom. The van der Waals surface area contributed by atoms with Gasteiger partial charge in [-0.3, -0.25) is 4.79 Å². The van der Waals surface area contributed by atoms with Gasteiger partial charge >= 0.3 is 5.63 Å². The molecule has 1 atom stereocenters. The SMILES string of the molecule is CCCC(C)c1cc(C)c(C(=O)NCCc2csc(C(C)C)n2)c(=O)o1. The molecule has 0 spiro atoms. The van der Waals surface area contributed by atoms with Crippen molar-refractivity contribution in [2.45, 2.75) is 65.7 Å². The van der Waals surface area contributed by atoms with E-state index in [1.807, 2.05) is 18.4 Å². The van der Waals surface area contributed by atoms with Crippen LogP contribution in [0.2, 0.25) is 0 Å². The van der Waals surface area contributed by atoms with Crippen molar-refractivity contribution in [2.75, 3.05) is 6.54 Å². The Balaban J connectivity index is 2.01. The molecular weight excluding hydrogens is 348 g/mol. The maximum atomic E-state index is 12.4. The first-order valence-electron chi connectivity index (χ1n) is 9.20. The zero-order valence-electron chi connectivity index (χ0n) is 16.2. The van der Waals surface area contributed by atoms with E-state index in [-0.39, 0.29) is 17.4 Å². The normalized spacial score (nSPS) is 12.4. The first-order chi connectivity index (χ1) is 12.3. The van der Waals surface area contributed by atoms with E-state index in [4.69, 9.17) is 4.42 Å². The summed E-state index contributed by atoms with van der Waals surface area (Å²) in [4.78, 5) is 29.2. The van der Waals surface area contributed by atoms with Crippen LogP contribution in [0.15, 0.2) is 20.7 Å². The Labute approximate surface area is 158 Å². The molecule has 2 rings (SSSR count). The summed E-state index contributed by atoms with van der Waals surface area (Å²) in [6.45, 7) is 10.6. The number of rotatable bonds is 8. The van der Waals surface area contributed by atoms with E-state index in [2.05, 4.69) is 31.1 Å². The third-order valence-electron chi connectivity index (χ3n) is 4.33. The van der Waals surface area contributed by atoms with Crippen LogP contribution in [-0.4, -0.2) is 17.4 Å². The van der Waals surface area contributed by atoms with Gasteiger partial charge in [0, 0.05) is 30.2 Å². The maximum absolute atomic E-state index is 12.4. The summed E-state index contributed by atoms with van der Waals surface area (Å²) in [5.74, 6) is 0.840. The molecule has 0 aliphatic rings. The number of hydrogen-bond acceptors (Lipinski definition) is 5. The van der Waals surface area contributed by atoms with Crippen molar-refractivity contribution >= 4 is 17.2 Å². The van der Waals surface area contributed by atoms with Crippen molar-refractivity contribution in [1.82, 2.24) is 10.3 Å². The molecule has 1 unspecified atom stereocenters. The number of nitrogens with zero attached hydrogens (tertiary/aromatic N) is 1. The van der Waals surface area contributed by atoms with Gasteiger partial charge in [-0.05, 0) is 25.0 Å². The molecule has 5 nitrogen and oxygen atoms in total. The van der Waals surface area contributed by atoms with Gasteiger partial charge in [-0.1, -0.05) is 34.1 Å². The fourth-order valence-corrected chi connectivity index (χ4v) is 3.69. The second-order valence-electron chi connectivity index (χ2n) is 7.02. The van der Waals surface area contributed by atoms with Crippen molar-refractivity contribution in [2.24, 2.45) is 0 Å². The van der Waals surface area contributed by atoms with Crippen LogP contribution in [0.5, 0.6) is 0 Å². The quantitative estimate of drug-likeness (QED) is 0.741. The Kier molecular flexibility index (Phi) is 7.14. The Hall–Kier alpha value is -1.95. The first kappa shape index (κ1) is 20.4. The summed E-state index contributed by atoms with van der Waals surface area (Å²) in [7, 11) is 0. The van der Waals surface area contributed by atoms with Crippen molar-refractivity contribution in [3.05, 3.63) is 49.5 Å². The summed E-state index contributed by atoms with van der Waals surface area (Å²) < 4.78 is 5.39. The van der Waals surface area contributed by atoms with Crippen LogP contribution >= 0.6 is 11.3 Å². The molecule has 1 amide bonds. The molecule has 142 valence electrons. The van der Waals surface area contributed by atoms with E-state index in [9.17, 15) is 9.59 Å². The van der Waals surface area contributed by atoms with Gasteiger partial charge in [-0.15, -0.1) is 11.3 Å². The number of aromatic nitrogens is 1. The molecule has 0 aliphatic carbocycles. The van der Waals surface area contributed by atoms with E-state index in [1.54, 1.807) is 18.3 Å². The van der Waals surface area contributed by atoms with Crippen LogP contribution in [0.1, 0.15) is 84.8 Å². The Morgan fingerprint density at radius 1 is 1.35 bits per heavy atom. The second-order valence-corrected chi connectivity index (χ2v) is 7.91. The molecule has 0 saturated carbocycles. The summed E-state index contributed by atoms with van der Waals surface area (Å²) in [6, 6.07) is 1.81. The van der Waals surface area contributed by atoms with E-state index in [0.29, 0.717) is 30.2 Å². The van der Waals surface area contributed by atoms with Crippen LogP contribution in [-0.2, 0) is 6.42 Å². The number of carbonyl (C=O) groups excluding carboxylic acids is 1. The smallest absolute Gasteiger partial charge is 0.349 e. The Morgan fingerprint density at radius 2 is 2.08 bits per heavy atom. The zero-order chi connectivity index (χ0) is 19.3. The average molecular weight is 377 g/mol. The van der Waals surface area contributed by atoms with Gasteiger partial charge in [-0.2, -0.15) is 0 Å². The van der Waals surface area contributed by atoms with Gasteiger partial charge in [0.1, 0.15) is 11.3 Å². The minimum Gasteiger partial charge on any atom is -0.427 e. The summed E-state index contributed by atoms with van der Waals surface area (Å²) >= 11 is 1.64. The van der Waals surface area contributed by atoms with Gasteiger partial charge in [0.2, 0.25) is 0 Å². The molecule has 2 aromatic heterocycles. The van der Waals surface area contributed by atoms with Crippen molar-refractivity contribution in [3.8, 4) is 0 Å². The number of aryl methyl sites for hydroxylation is 1. The number of carbonyl (C=O) groups is 1. The molecule has 6 heteroatoms. The monoisotopic (exact) mass is 376 g/mol. The fraction of sp³-hybridized carbons (Fsp3) is 0.550. The van der Waals surface area contributed by atoms with Crippen LogP contribution in [0.4, 0.5) is 0 Å². The van der Waals surface area contributed by atoms with Crippen LogP contribution < -0.4 is 10.9 Å². The van der Waals surface area contributed by atoms with Gasteiger partial charge in [0.15, 0.2) is 0 Å². The number of hydrogen-bond donors (Lipinski definition) is 1. The molecule has 0 fully saturated rings.